The van der Waals surface area contributed by atoms with Gasteiger partial charge in [0.15, 0.2) is 0 Å². The summed E-state index contributed by atoms with van der Waals surface area (Å²) >= 11 is 0. The predicted octanol–water partition coefficient (Wildman–Crippen LogP) is 7.19. The van der Waals surface area contributed by atoms with E-state index in [2.05, 4.69) is 65.7 Å². The van der Waals surface area contributed by atoms with Gasteiger partial charge in [0.25, 0.3) is 0 Å². The summed E-state index contributed by atoms with van der Waals surface area (Å²) in [5, 5.41) is 3.84. The first-order chi connectivity index (χ1) is 17.8. The lowest BCUT2D eigenvalue weighted by atomic mass is 10.1. The molecule has 0 aromatic carbocycles. The summed E-state index contributed by atoms with van der Waals surface area (Å²) in [6, 6.07) is 0.321. The number of ether oxygens (including phenoxy) is 2. The van der Waals surface area contributed by atoms with Crippen molar-refractivity contribution in [3.05, 3.63) is 11.8 Å². The van der Waals surface area contributed by atoms with Crippen LogP contribution in [0.2, 0.25) is 22.2 Å². The summed E-state index contributed by atoms with van der Waals surface area (Å²) in [7, 11) is -5.25. The van der Waals surface area contributed by atoms with Crippen LogP contribution >= 0.6 is 0 Å². The minimum Gasteiger partial charge on any atom is -0.472 e. The zero-order chi connectivity index (χ0) is 29.6. The Bertz CT molecular complexity index is 959. The van der Waals surface area contributed by atoms with E-state index < -0.39 is 28.3 Å². The molecule has 3 rings (SSSR count). The van der Waals surface area contributed by atoms with Crippen LogP contribution in [0.4, 0.5) is 0 Å². The lowest BCUT2D eigenvalue weighted by Crippen LogP contribution is -2.65. The third kappa shape index (κ3) is 7.24. The predicted molar refractivity (Wildman–Crippen MR) is 161 cm³/mol. The largest absolute Gasteiger partial charge is 0.472 e. The number of nitrogens with one attached hydrogen (secondary N) is 1. The van der Waals surface area contributed by atoms with E-state index in [4.69, 9.17) is 27.4 Å². The molecule has 2 aliphatic rings. The molecule has 0 spiro atoms. The number of hydrogen-bond acceptors (Lipinski definition) is 8. The van der Waals surface area contributed by atoms with Crippen molar-refractivity contribution in [3.63, 3.8) is 0 Å². The van der Waals surface area contributed by atoms with Crippen LogP contribution in [0.15, 0.2) is 6.20 Å². The molecule has 2 saturated heterocycles. The molecular formula is C29H55N3O5Si2. The summed E-state index contributed by atoms with van der Waals surface area (Å²) in [5.74, 6) is 0.546. The van der Waals surface area contributed by atoms with Gasteiger partial charge in [0.1, 0.15) is 11.2 Å². The molecule has 2 aliphatic heterocycles. The lowest BCUT2D eigenvalue weighted by Gasteiger charge is -2.51. The van der Waals surface area contributed by atoms with Gasteiger partial charge in [0.2, 0.25) is 5.88 Å². The number of fused-ring (bicyclic) bond motifs is 1. The minimum atomic E-state index is -2.67. The second-order valence-corrected chi connectivity index (χ2v) is 23.4. The Kier molecular flexibility index (Phi) is 9.72. The quantitative estimate of drug-likeness (QED) is 0.339. The maximum Gasteiger partial charge on any atom is 0.335 e. The van der Waals surface area contributed by atoms with E-state index in [1.54, 1.807) is 0 Å². The first-order valence-electron chi connectivity index (χ1n) is 14.8. The molecule has 1 N–H and O–H groups in total. The first kappa shape index (κ1) is 32.5. The topological polar surface area (TPSA) is 84.0 Å². The van der Waals surface area contributed by atoms with Crippen molar-refractivity contribution < 1.29 is 22.4 Å². The SMILES string of the molecule is CC(C)[Si]1(C(C)C)OC[C@@H]2N[C@@H](c3cnc(OC(C)(C)C)nc3OC(C)(C)C)C[C@@H]2O[Si](C(C)C)(C(C)C)O1. The average molecular weight is 582 g/mol. The first-order valence-corrected chi connectivity index (χ1v) is 18.8. The van der Waals surface area contributed by atoms with Crippen molar-refractivity contribution in [2.45, 2.75) is 155 Å². The molecule has 0 amide bonds. The fourth-order valence-corrected chi connectivity index (χ4v) is 17.0. The molecule has 0 aliphatic carbocycles. The molecule has 3 atom stereocenters. The molecule has 0 radical (unpaired) electrons. The highest BCUT2D eigenvalue weighted by atomic mass is 28.5. The van der Waals surface area contributed by atoms with Crippen molar-refractivity contribution in [1.29, 1.82) is 0 Å². The summed E-state index contributed by atoms with van der Waals surface area (Å²) in [5.41, 5.74) is 1.30. The molecule has 224 valence electrons. The van der Waals surface area contributed by atoms with Crippen LogP contribution in [0, 0.1) is 0 Å². The number of aromatic nitrogens is 2. The van der Waals surface area contributed by atoms with Crippen LogP contribution in [-0.4, -0.2) is 57.0 Å². The summed E-state index contributed by atoms with van der Waals surface area (Å²) in [6.45, 7) is 30.7. The fourth-order valence-electron chi connectivity index (χ4n) is 5.80. The van der Waals surface area contributed by atoms with Crippen LogP contribution in [0.3, 0.4) is 0 Å². The van der Waals surface area contributed by atoms with E-state index >= 15 is 0 Å². The number of rotatable bonds is 7. The van der Waals surface area contributed by atoms with Gasteiger partial charge in [-0.15, -0.1) is 0 Å². The fraction of sp³-hybridized carbons (Fsp3) is 0.862. The Morgan fingerprint density at radius 3 is 1.87 bits per heavy atom. The Balaban J connectivity index is 2.02. The van der Waals surface area contributed by atoms with Crippen LogP contribution in [0.25, 0.3) is 0 Å². The van der Waals surface area contributed by atoms with Gasteiger partial charge in [-0.25, -0.2) is 4.98 Å². The van der Waals surface area contributed by atoms with Gasteiger partial charge in [-0.05, 0) is 70.1 Å². The van der Waals surface area contributed by atoms with Gasteiger partial charge < -0.3 is 27.8 Å². The third-order valence-corrected chi connectivity index (χ3v) is 17.9. The molecule has 1 aromatic rings. The molecule has 0 unspecified atom stereocenters. The minimum absolute atomic E-state index is 0.0363. The molecule has 8 nitrogen and oxygen atoms in total. The van der Waals surface area contributed by atoms with E-state index in [0.29, 0.717) is 40.7 Å². The highest BCUT2D eigenvalue weighted by Gasteiger charge is 2.59. The molecule has 1 aromatic heterocycles. The van der Waals surface area contributed by atoms with E-state index in [1.165, 1.54) is 0 Å². The van der Waals surface area contributed by atoms with E-state index in [1.807, 2.05) is 47.7 Å². The molecule has 0 saturated carbocycles. The smallest absolute Gasteiger partial charge is 0.335 e. The Morgan fingerprint density at radius 2 is 1.38 bits per heavy atom. The lowest BCUT2D eigenvalue weighted by molar-refractivity contribution is 0.0579. The van der Waals surface area contributed by atoms with Crippen LogP contribution < -0.4 is 14.8 Å². The van der Waals surface area contributed by atoms with Gasteiger partial charge in [-0.1, -0.05) is 55.4 Å². The standard InChI is InChI=1S/C29H55N3O5Si2/c1-18(2)38(19(3)4)33-17-24-25(36-39(37-38,20(5)6)21(7)8)15-23(31-24)22-16-30-27(35-29(12,13)14)32-26(22)34-28(9,10)11/h16,18-21,23-25,31H,15,17H2,1-14H3/t23-,24+,25+/m1/s1. The van der Waals surface area contributed by atoms with Crippen LogP contribution in [0.1, 0.15) is 115 Å². The van der Waals surface area contributed by atoms with Crippen molar-refractivity contribution in [3.8, 4) is 11.9 Å². The van der Waals surface area contributed by atoms with E-state index in [0.717, 1.165) is 12.0 Å². The summed E-state index contributed by atoms with van der Waals surface area (Å²) in [6.07, 6.45) is 2.58. The second-order valence-electron chi connectivity index (χ2n) is 14.5. The second kappa shape index (κ2) is 11.7. The molecule has 0 bridgehead atoms. The molecule has 2 fully saturated rings. The van der Waals surface area contributed by atoms with Crippen molar-refractivity contribution >= 4 is 17.1 Å². The van der Waals surface area contributed by atoms with Gasteiger partial charge >= 0.3 is 23.1 Å². The third-order valence-electron chi connectivity index (χ3n) is 7.63. The Morgan fingerprint density at radius 1 is 0.846 bits per heavy atom. The monoisotopic (exact) mass is 581 g/mol. The molecular weight excluding hydrogens is 527 g/mol. The normalized spacial score (nSPS) is 25.6. The zero-order valence-corrected chi connectivity index (χ0v) is 29.0. The van der Waals surface area contributed by atoms with E-state index in [-0.39, 0.29) is 18.2 Å². The van der Waals surface area contributed by atoms with Crippen LogP contribution in [0.5, 0.6) is 11.9 Å². The van der Waals surface area contributed by atoms with Crippen molar-refractivity contribution in [2.75, 3.05) is 6.61 Å². The van der Waals surface area contributed by atoms with Crippen molar-refractivity contribution in [2.24, 2.45) is 0 Å². The molecule has 3 heterocycles. The Labute approximate surface area is 239 Å². The number of nitrogens with zero attached hydrogens (tertiary/aromatic N) is 2. The maximum absolute atomic E-state index is 7.35. The highest BCUT2D eigenvalue weighted by Crippen LogP contribution is 2.48. The maximum atomic E-state index is 7.35. The van der Waals surface area contributed by atoms with Gasteiger partial charge in [-0.2, -0.15) is 4.98 Å². The van der Waals surface area contributed by atoms with Gasteiger partial charge in [-0.3, -0.25) is 0 Å². The zero-order valence-electron chi connectivity index (χ0n) is 27.0. The molecule has 10 heteroatoms. The van der Waals surface area contributed by atoms with E-state index in [9.17, 15) is 0 Å². The van der Waals surface area contributed by atoms with Crippen molar-refractivity contribution in [1.82, 2.24) is 15.3 Å². The average Bonchev–Trinajstić information content (AvgIpc) is 3.12. The summed E-state index contributed by atoms with van der Waals surface area (Å²) in [4.78, 5) is 9.29. The van der Waals surface area contributed by atoms with Gasteiger partial charge in [0.05, 0.1) is 18.8 Å². The molecule has 39 heavy (non-hydrogen) atoms. The number of hydrogen-bond donors (Lipinski definition) is 1. The highest BCUT2D eigenvalue weighted by molar-refractivity contribution is 6.83. The van der Waals surface area contributed by atoms with Gasteiger partial charge in [0, 0.05) is 17.8 Å². The van der Waals surface area contributed by atoms with Crippen LogP contribution in [-0.2, 0) is 13.0 Å². The summed E-state index contributed by atoms with van der Waals surface area (Å²) < 4.78 is 33.9. The Hall–Kier alpha value is -1.05.